The van der Waals surface area contributed by atoms with E-state index in [1.807, 2.05) is 0 Å². The predicted molar refractivity (Wildman–Crippen MR) is 73.8 cm³/mol. The normalized spacial score (nSPS) is 11.8. The lowest BCUT2D eigenvalue weighted by Gasteiger charge is -2.28. The third kappa shape index (κ3) is 3.88. The van der Waals surface area contributed by atoms with E-state index in [0.29, 0.717) is 0 Å². The highest BCUT2D eigenvalue weighted by Gasteiger charge is 2.29. The van der Waals surface area contributed by atoms with Crippen LogP contribution in [-0.4, -0.2) is 12.2 Å². The molecule has 1 rings (SSSR count). The summed E-state index contributed by atoms with van der Waals surface area (Å²) in [7, 11) is 0. The van der Waals surface area contributed by atoms with Crippen LogP contribution in [0.2, 0.25) is 0 Å². The van der Waals surface area contributed by atoms with E-state index in [-0.39, 0.29) is 0 Å². The van der Waals surface area contributed by atoms with Gasteiger partial charge in [-0.05, 0) is 44.9 Å². The van der Waals surface area contributed by atoms with Crippen LogP contribution in [0.4, 0.5) is 9.59 Å². The van der Waals surface area contributed by atoms with Gasteiger partial charge >= 0.3 is 12.2 Å². The monoisotopic (exact) mass is 280 g/mol. The molecule has 4 N–H and O–H groups in total. The van der Waals surface area contributed by atoms with Gasteiger partial charge in [-0.3, -0.25) is 0 Å². The number of primary amides is 2. The molecule has 0 atom stereocenters. The van der Waals surface area contributed by atoms with Gasteiger partial charge in [-0.15, -0.1) is 0 Å². The fraction of sp³-hybridized carbons (Fsp3) is 0.429. The molecule has 0 aliphatic heterocycles. The second-order valence-electron chi connectivity index (χ2n) is 5.44. The Labute approximate surface area is 118 Å². The summed E-state index contributed by atoms with van der Waals surface area (Å²) >= 11 is 0. The fourth-order valence-electron chi connectivity index (χ4n) is 1.89. The highest BCUT2D eigenvalue weighted by atomic mass is 16.6. The molecular weight excluding hydrogens is 260 g/mol. The molecule has 0 heterocycles. The van der Waals surface area contributed by atoms with Crippen LogP contribution in [0.3, 0.4) is 0 Å². The second-order valence-corrected chi connectivity index (χ2v) is 5.44. The Hall–Kier alpha value is -2.24. The number of rotatable bonds is 4. The molecule has 0 fully saturated rings. The zero-order valence-electron chi connectivity index (χ0n) is 12.1. The van der Waals surface area contributed by atoms with Gasteiger partial charge in [0.05, 0.1) is 0 Å². The molecule has 0 spiro atoms. The van der Waals surface area contributed by atoms with Crippen LogP contribution < -0.4 is 11.5 Å². The SMILES string of the molecule is CC(C)(OC(N)=O)c1cccc(C(C)(C)OC(N)=O)c1. The summed E-state index contributed by atoms with van der Waals surface area (Å²) < 4.78 is 10.2. The molecule has 1 aromatic carbocycles. The van der Waals surface area contributed by atoms with Crippen LogP contribution in [0.1, 0.15) is 38.8 Å². The van der Waals surface area contributed by atoms with Crippen LogP contribution in [0.15, 0.2) is 24.3 Å². The molecule has 2 amide bonds. The van der Waals surface area contributed by atoms with Crippen molar-refractivity contribution in [1.29, 1.82) is 0 Å². The molecule has 0 saturated carbocycles. The third-order valence-electron chi connectivity index (χ3n) is 2.96. The van der Waals surface area contributed by atoms with Crippen LogP contribution >= 0.6 is 0 Å². The Bertz CT molecular complexity index is 480. The summed E-state index contributed by atoms with van der Waals surface area (Å²) in [5, 5.41) is 0. The first kappa shape index (κ1) is 15.8. The first-order valence-corrected chi connectivity index (χ1v) is 6.12. The summed E-state index contributed by atoms with van der Waals surface area (Å²) in [4.78, 5) is 21.9. The molecule has 6 nitrogen and oxygen atoms in total. The van der Waals surface area contributed by atoms with Gasteiger partial charge < -0.3 is 20.9 Å². The molecule has 0 aliphatic rings. The van der Waals surface area contributed by atoms with E-state index in [2.05, 4.69) is 0 Å². The van der Waals surface area contributed by atoms with Gasteiger partial charge in [0.25, 0.3) is 0 Å². The van der Waals surface area contributed by atoms with Crippen molar-refractivity contribution in [3.05, 3.63) is 35.4 Å². The maximum atomic E-state index is 10.9. The minimum atomic E-state index is -0.884. The van der Waals surface area contributed by atoms with Crippen LogP contribution in [0, 0.1) is 0 Å². The second kappa shape index (κ2) is 5.40. The Morgan fingerprint density at radius 1 is 0.900 bits per heavy atom. The first-order chi connectivity index (χ1) is 9.04. The molecule has 6 heteroatoms. The average Bonchev–Trinajstić information content (AvgIpc) is 2.25. The van der Waals surface area contributed by atoms with Crippen molar-refractivity contribution in [2.75, 3.05) is 0 Å². The summed E-state index contributed by atoms with van der Waals surface area (Å²) in [6, 6.07) is 7.16. The molecular formula is C14H20N2O4. The largest absolute Gasteiger partial charge is 0.439 e. The van der Waals surface area contributed by atoms with Gasteiger partial charge in [0.1, 0.15) is 11.2 Å². The maximum absolute atomic E-state index is 10.9. The van der Waals surface area contributed by atoms with Gasteiger partial charge in [-0.25, -0.2) is 9.59 Å². The minimum Gasteiger partial charge on any atom is -0.439 e. The van der Waals surface area contributed by atoms with E-state index >= 15 is 0 Å². The van der Waals surface area contributed by atoms with Gasteiger partial charge in [0, 0.05) is 0 Å². The summed E-state index contributed by atoms with van der Waals surface area (Å²) in [5.41, 5.74) is 9.81. The highest BCUT2D eigenvalue weighted by molar-refractivity contribution is 5.66. The van der Waals surface area contributed by atoms with Crippen LogP contribution in [-0.2, 0) is 20.7 Å². The van der Waals surface area contributed by atoms with Crippen molar-refractivity contribution >= 4 is 12.2 Å². The first-order valence-electron chi connectivity index (χ1n) is 6.12. The Kier molecular flexibility index (Phi) is 4.27. The van der Waals surface area contributed by atoms with Crippen molar-refractivity contribution in [1.82, 2.24) is 0 Å². The summed E-state index contributed by atoms with van der Waals surface area (Å²) in [6.07, 6.45) is -1.71. The van der Waals surface area contributed by atoms with E-state index in [9.17, 15) is 9.59 Å². The zero-order valence-corrected chi connectivity index (χ0v) is 12.1. The lowest BCUT2D eigenvalue weighted by atomic mass is 9.90. The van der Waals surface area contributed by atoms with E-state index in [4.69, 9.17) is 20.9 Å². The van der Waals surface area contributed by atoms with E-state index in [0.717, 1.165) is 11.1 Å². The van der Waals surface area contributed by atoms with Crippen LogP contribution in [0.5, 0.6) is 0 Å². The molecule has 1 aromatic rings. The van der Waals surface area contributed by atoms with Gasteiger partial charge in [-0.1, -0.05) is 18.2 Å². The predicted octanol–water partition coefficient (Wildman–Crippen LogP) is 2.35. The number of nitrogens with two attached hydrogens (primary N) is 2. The number of benzene rings is 1. The lowest BCUT2D eigenvalue weighted by molar-refractivity contribution is 0.0390. The minimum absolute atomic E-state index is 0.731. The standard InChI is InChI=1S/C14H20N2O4/c1-13(2,19-11(15)17)9-6-5-7-10(8-9)14(3,4)20-12(16)18/h5-8H,1-4H3,(H2,15,17)(H2,16,18). The van der Waals surface area contributed by atoms with Gasteiger partial charge in [-0.2, -0.15) is 0 Å². The van der Waals surface area contributed by atoms with Crippen molar-refractivity contribution in [2.24, 2.45) is 11.5 Å². The zero-order chi connectivity index (χ0) is 15.6. The number of hydrogen-bond donors (Lipinski definition) is 2. The fourth-order valence-corrected chi connectivity index (χ4v) is 1.89. The highest BCUT2D eigenvalue weighted by Crippen LogP contribution is 2.30. The number of carbonyl (C=O) groups excluding carboxylic acids is 2. The molecule has 0 aliphatic carbocycles. The third-order valence-corrected chi connectivity index (χ3v) is 2.96. The van der Waals surface area contributed by atoms with Crippen molar-refractivity contribution in [3.63, 3.8) is 0 Å². The van der Waals surface area contributed by atoms with Crippen molar-refractivity contribution in [3.8, 4) is 0 Å². The quantitative estimate of drug-likeness (QED) is 0.883. The Morgan fingerprint density at radius 3 is 1.55 bits per heavy atom. The van der Waals surface area contributed by atoms with E-state index in [1.165, 1.54) is 0 Å². The molecule has 20 heavy (non-hydrogen) atoms. The molecule has 110 valence electrons. The molecule has 0 saturated heterocycles. The molecule has 0 unspecified atom stereocenters. The number of carbonyl (C=O) groups is 2. The summed E-state index contributed by atoms with van der Waals surface area (Å²) in [5.74, 6) is 0. The van der Waals surface area contributed by atoms with E-state index < -0.39 is 23.4 Å². The maximum Gasteiger partial charge on any atom is 0.405 e. The van der Waals surface area contributed by atoms with Gasteiger partial charge in [0.15, 0.2) is 0 Å². The Balaban J connectivity index is 3.13. The van der Waals surface area contributed by atoms with E-state index in [1.54, 1.807) is 52.0 Å². The summed E-state index contributed by atoms with van der Waals surface area (Å²) in [6.45, 7) is 6.88. The molecule has 0 radical (unpaired) electrons. The molecule has 0 bridgehead atoms. The number of amides is 2. The smallest absolute Gasteiger partial charge is 0.405 e. The lowest BCUT2D eigenvalue weighted by Crippen LogP contribution is -2.31. The number of hydrogen-bond acceptors (Lipinski definition) is 4. The van der Waals surface area contributed by atoms with Crippen molar-refractivity contribution < 1.29 is 19.1 Å². The van der Waals surface area contributed by atoms with Crippen molar-refractivity contribution in [2.45, 2.75) is 38.9 Å². The Morgan fingerprint density at radius 2 is 1.25 bits per heavy atom. The average molecular weight is 280 g/mol. The number of ether oxygens (including phenoxy) is 2. The topological polar surface area (TPSA) is 105 Å². The van der Waals surface area contributed by atoms with Gasteiger partial charge in [0.2, 0.25) is 0 Å². The molecule has 0 aromatic heterocycles. The van der Waals surface area contributed by atoms with Crippen LogP contribution in [0.25, 0.3) is 0 Å².